The second-order valence-corrected chi connectivity index (χ2v) is 6.60. The third-order valence-electron chi connectivity index (χ3n) is 4.75. The van der Waals surface area contributed by atoms with Gasteiger partial charge in [-0.05, 0) is 44.6 Å². The number of hydrogen-bond acceptors (Lipinski definition) is 4. The van der Waals surface area contributed by atoms with E-state index in [-0.39, 0.29) is 24.0 Å². The van der Waals surface area contributed by atoms with Gasteiger partial charge in [-0.15, -0.1) is 0 Å². The number of aliphatic hydroxyl groups is 1. The van der Waals surface area contributed by atoms with Gasteiger partial charge in [-0.1, -0.05) is 6.42 Å². The normalized spacial score (nSPS) is 20.4. The monoisotopic (exact) mass is 304 g/mol. The maximum Gasteiger partial charge on any atom is 0.251 e. The summed E-state index contributed by atoms with van der Waals surface area (Å²) in [6.45, 7) is 0.670. The van der Waals surface area contributed by atoms with Crippen molar-refractivity contribution in [3.8, 4) is 5.88 Å². The minimum Gasteiger partial charge on any atom is -0.474 e. The van der Waals surface area contributed by atoms with Crippen molar-refractivity contribution in [3.63, 3.8) is 0 Å². The zero-order chi connectivity index (χ0) is 15.4. The van der Waals surface area contributed by atoms with Crippen LogP contribution in [0.1, 0.15) is 55.3 Å². The quantitative estimate of drug-likeness (QED) is 0.846. The van der Waals surface area contributed by atoms with Gasteiger partial charge in [0.25, 0.3) is 5.91 Å². The van der Waals surface area contributed by atoms with Gasteiger partial charge in [-0.3, -0.25) is 4.79 Å². The van der Waals surface area contributed by atoms with Crippen molar-refractivity contribution in [1.29, 1.82) is 0 Å². The Hall–Kier alpha value is -1.62. The SMILES string of the molecule is O=C(NCC1(CO)CC1)c1ccnc(OC2CCCCC2)c1. The van der Waals surface area contributed by atoms with Gasteiger partial charge in [0.15, 0.2) is 0 Å². The summed E-state index contributed by atoms with van der Waals surface area (Å²) in [7, 11) is 0. The van der Waals surface area contributed by atoms with Gasteiger partial charge in [-0.25, -0.2) is 4.98 Å². The van der Waals surface area contributed by atoms with Crippen LogP contribution in [0.25, 0.3) is 0 Å². The summed E-state index contributed by atoms with van der Waals surface area (Å²) in [6, 6.07) is 3.41. The minimum absolute atomic E-state index is 0.0792. The second kappa shape index (κ2) is 6.65. The number of rotatable bonds is 6. The van der Waals surface area contributed by atoms with Crippen LogP contribution < -0.4 is 10.1 Å². The van der Waals surface area contributed by atoms with E-state index in [0.29, 0.717) is 18.0 Å². The predicted octanol–water partition coefficient (Wildman–Crippen LogP) is 2.30. The van der Waals surface area contributed by atoms with E-state index in [4.69, 9.17) is 4.74 Å². The van der Waals surface area contributed by atoms with Crippen LogP contribution in [-0.4, -0.2) is 35.3 Å². The van der Waals surface area contributed by atoms with Crippen LogP contribution in [0.3, 0.4) is 0 Å². The second-order valence-electron chi connectivity index (χ2n) is 6.60. The van der Waals surface area contributed by atoms with E-state index in [2.05, 4.69) is 10.3 Å². The van der Waals surface area contributed by atoms with E-state index in [1.54, 1.807) is 18.3 Å². The molecule has 1 heterocycles. The standard InChI is InChI=1S/C17H24N2O3/c20-12-17(7-8-17)11-19-16(21)13-6-9-18-15(10-13)22-14-4-2-1-3-5-14/h6,9-10,14,20H,1-5,7-8,11-12H2,(H,19,21). The summed E-state index contributed by atoms with van der Waals surface area (Å²) in [6.07, 6.45) is 9.63. The third kappa shape index (κ3) is 3.77. The zero-order valence-electron chi connectivity index (χ0n) is 12.9. The first-order chi connectivity index (χ1) is 10.7. The van der Waals surface area contributed by atoms with Gasteiger partial charge < -0.3 is 15.2 Å². The van der Waals surface area contributed by atoms with E-state index in [9.17, 15) is 9.90 Å². The molecule has 1 aromatic rings. The van der Waals surface area contributed by atoms with Crippen molar-refractivity contribution in [2.45, 2.75) is 51.0 Å². The molecule has 5 heteroatoms. The summed E-state index contributed by atoms with van der Waals surface area (Å²) in [5, 5.41) is 12.2. The van der Waals surface area contributed by atoms with Crippen molar-refractivity contribution in [2.75, 3.05) is 13.2 Å². The largest absolute Gasteiger partial charge is 0.474 e. The number of aromatic nitrogens is 1. The fourth-order valence-corrected chi connectivity index (χ4v) is 2.91. The number of pyridine rings is 1. The number of hydrogen-bond donors (Lipinski definition) is 2. The number of aliphatic hydroxyl groups excluding tert-OH is 1. The average Bonchev–Trinajstić information content (AvgIpc) is 3.34. The topological polar surface area (TPSA) is 71.5 Å². The zero-order valence-corrected chi connectivity index (χ0v) is 12.9. The number of carbonyl (C=O) groups is 1. The molecule has 3 rings (SSSR count). The van der Waals surface area contributed by atoms with Gasteiger partial charge in [-0.2, -0.15) is 0 Å². The van der Waals surface area contributed by atoms with Crippen LogP contribution >= 0.6 is 0 Å². The Bertz CT molecular complexity index is 522. The Balaban J connectivity index is 1.56. The lowest BCUT2D eigenvalue weighted by Crippen LogP contribution is -2.31. The van der Waals surface area contributed by atoms with Crippen LogP contribution in [0, 0.1) is 5.41 Å². The predicted molar refractivity (Wildman–Crippen MR) is 82.8 cm³/mol. The average molecular weight is 304 g/mol. The highest BCUT2D eigenvalue weighted by atomic mass is 16.5. The molecule has 0 aromatic carbocycles. The summed E-state index contributed by atoms with van der Waals surface area (Å²) in [5.74, 6) is 0.401. The smallest absolute Gasteiger partial charge is 0.251 e. The summed E-state index contributed by atoms with van der Waals surface area (Å²) >= 11 is 0. The highest BCUT2D eigenvalue weighted by molar-refractivity contribution is 5.94. The summed E-state index contributed by atoms with van der Waals surface area (Å²) in [4.78, 5) is 16.4. The number of carbonyl (C=O) groups excluding carboxylic acids is 1. The Labute approximate surface area is 131 Å². The molecular formula is C17H24N2O3. The molecule has 0 bridgehead atoms. The lowest BCUT2D eigenvalue weighted by molar-refractivity contribution is 0.0933. The van der Waals surface area contributed by atoms with Crippen molar-refractivity contribution in [2.24, 2.45) is 5.41 Å². The molecule has 22 heavy (non-hydrogen) atoms. The lowest BCUT2D eigenvalue weighted by atomic mass is 9.98. The molecule has 1 amide bonds. The third-order valence-corrected chi connectivity index (χ3v) is 4.75. The molecule has 120 valence electrons. The van der Waals surface area contributed by atoms with Crippen LogP contribution in [-0.2, 0) is 0 Å². The Morgan fingerprint density at radius 1 is 1.36 bits per heavy atom. The van der Waals surface area contributed by atoms with Gasteiger partial charge in [0.2, 0.25) is 5.88 Å². The van der Waals surface area contributed by atoms with E-state index in [0.717, 1.165) is 25.7 Å². The highest BCUT2D eigenvalue weighted by Gasteiger charge is 2.42. The van der Waals surface area contributed by atoms with E-state index in [1.807, 2.05) is 0 Å². The summed E-state index contributed by atoms with van der Waals surface area (Å²) < 4.78 is 5.89. The minimum atomic E-state index is -0.129. The van der Waals surface area contributed by atoms with E-state index in [1.165, 1.54) is 19.3 Å². The van der Waals surface area contributed by atoms with Gasteiger partial charge in [0, 0.05) is 29.8 Å². The maximum atomic E-state index is 12.2. The molecule has 2 N–H and O–H groups in total. The first-order valence-electron chi connectivity index (χ1n) is 8.23. The first-order valence-corrected chi connectivity index (χ1v) is 8.23. The van der Waals surface area contributed by atoms with Crippen LogP contribution in [0.4, 0.5) is 0 Å². The molecule has 2 aliphatic carbocycles. The number of nitrogens with one attached hydrogen (secondary N) is 1. The Morgan fingerprint density at radius 2 is 2.14 bits per heavy atom. The molecule has 2 saturated carbocycles. The fraction of sp³-hybridized carbons (Fsp3) is 0.647. The molecule has 0 unspecified atom stereocenters. The molecular weight excluding hydrogens is 280 g/mol. The molecule has 5 nitrogen and oxygen atoms in total. The van der Waals surface area contributed by atoms with Crippen LogP contribution in [0.2, 0.25) is 0 Å². The van der Waals surface area contributed by atoms with Crippen LogP contribution in [0.5, 0.6) is 5.88 Å². The molecule has 0 saturated heterocycles. The van der Waals surface area contributed by atoms with Gasteiger partial charge in [0.1, 0.15) is 6.10 Å². The number of amides is 1. The van der Waals surface area contributed by atoms with Crippen LogP contribution in [0.15, 0.2) is 18.3 Å². The molecule has 0 radical (unpaired) electrons. The van der Waals surface area contributed by atoms with E-state index < -0.39 is 0 Å². The molecule has 0 aliphatic heterocycles. The Morgan fingerprint density at radius 3 is 2.82 bits per heavy atom. The number of nitrogens with zero attached hydrogens (tertiary/aromatic N) is 1. The molecule has 0 spiro atoms. The summed E-state index contributed by atoms with van der Waals surface area (Å²) in [5.41, 5.74) is 0.485. The van der Waals surface area contributed by atoms with E-state index >= 15 is 0 Å². The molecule has 2 aliphatic rings. The lowest BCUT2D eigenvalue weighted by Gasteiger charge is -2.22. The molecule has 2 fully saturated rings. The van der Waals surface area contributed by atoms with Crippen molar-refractivity contribution in [3.05, 3.63) is 23.9 Å². The first kappa shape index (κ1) is 15.3. The van der Waals surface area contributed by atoms with Crippen molar-refractivity contribution >= 4 is 5.91 Å². The van der Waals surface area contributed by atoms with Crippen molar-refractivity contribution in [1.82, 2.24) is 10.3 Å². The van der Waals surface area contributed by atoms with Crippen molar-refractivity contribution < 1.29 is 14.6 Å². The molecule has 1 aromatic heterocycles. The highest BCUT2D eigenvalue weighted by Crippen LogP contribution is 2.44. The maximum absolute atomic E-state index is 12.2. The molecule has 0 atom stereocenters. The Kier molecular flexibility index (Phi) is 4.62. The number of ether oxygens (including phenoxy) is 1. The van der Waals surface area contributed by atoms with Gasteiger partial charge >= 0.3 is 0 Å². The fourth-order valence-electron chi connectivity index (χ4n) is 2.91. The van der Waals surface area contributed by atoms with Gasteiger partial charge in [0.05, 0.1) is 6.61 Å².